The van der Waals surface area contributed by atoms with E-state index in [2.05, 4.69) is 12.2 Å². The maximum absolute atomic E-state index is 12.3. The number of fused-ring (bicyclic) bond motifs is 4. The number of rotatable bonds is 2. The van der Waals surface area contributed by atoms with E-state index in [9.17, 15) is 9.59 Å². The maximum Gasteiger partial charge on any atom is 0.326 e. The van der Waals surface area contributed by atoms with Crippen molar-refractivity contribution in [1.29, 1.82) is 0 Å². The van der Waals surface area contributed by atoms with Crippen molar-refractivity contribution in [3.8, 4) is 0 Å². The minimum atomic E-state index is -1.28. The summed E-state index contributed by atoms with van der Waals surface area (Å²) in [5.41, 5.74) is -1.28. The Labute approximate surface area is 118 Å². The molecule has 2 fully saturated rings. The number of esters is 2. The highest BCUT2D eigenvalue weighted by molar-refractivity contribution is 6.01. The first-order valence-corrected chi connectivity index (χ1v) is 7.12. The predicted octanol–water partition coefficient (Wildman–Crippen LogP) is 1.46. The second-order valence-corrected chi connectivity index (χ2v) is 5.91. The highest BCUT2D eigenvalue weighted by Crippen LogP contribution is 2.54. The second-order valence-electron chi connectivity index (χ2n) is 5.91. The Morgan fingerprint density at radius 1 is 1.25 bits per heavy atom. The number of ether oxygens (including phenoxy) is 3. The number of carbonyl (C=O) groups excluding carboxylic acids is 2. The molecule has 5 nitrogen and oxygen atoms in total. The molecule has 5 heteroatoms. The van der Waals surface area contributed by atoms with Gasteiger partial charge in [-0.2, -0.15) is 0 Å². The van der Waals surface area contributed by atoms with Gasteiger partial charge in [0.05, 0.1) is 26.4 Å². The summed E-state index contributed by atoms with van der Waals surface area (Å²) in [6.07, 6.45) is 7.05. The van der Waals surface area contributed by atoms with Crippen molar-refractivity contribution in [2.24, 2.45) is 17.3 Å². The van der Waals surface area contributed by atoms with E-state index in [0.29, 0.717) is 12.3 Å². The van der Waals surface area contributed by atoms with Crippen LogP contribution in [0.5, 0.6) is 0 Å². The van der Waals surface area contributed by atoms with Gasteiger partial charge in [-0.05, 0) is 31.1 Å². The van der Waals surface area contributed by atoms with Crippen LogP contribution in [0.15, 0.2) is 12.2 Å². The summed E-state index contributed by atoms with van der Waals surface area (Å²) in [7, 11) is 2.63. The van der Waals surface area contributed by atoms with E-state index >= 15 is 0 Å². The fraction of sp³-hybridized carbons (Fsp3) is 0.733. The molecule has 0 N–H and O–H groups in total. The molecule has 0 aromatic rings. The highest BCUT2D eigenvalue weighted by atomic mass is 16.6. The molecule has 0 saturated carbocycles. The SMILES string of the molecule is COC(=O)C1(C(=O)OC)CC2CC3C=CCCC3C1O2. The normalized spacial score (nSPS) is 37.1. The van der Waals surface area contributed by atoms with Gasteiger partial charge in [-0.3, -0.25) is 9.59 Å². The summed E-state index contributed by atoms with van der Waals surface area (Å²) in [5, 5.41) is 0. The zero-order valence-electron chi connectivity index (χ0n) is 11.8. The smallest absolute Gasteiger partial charge is 0.326 e. The molecule has 20 heavy (non-hydrogen) atoms. The quantitative estimate of drug-likeness (QED) is 0.435. The van der Waals surface area contributed by atoms with Crippen molar-refractivity contribution in [2.75, 3.05) is 14.2 Å². The van der Waals surface area contributed by atoms with Gasteiger partial charge in [0, 0.05) is 6.42 Å². The molecule has 4 atom stereocenters. The lowest BCUT2D eigenvalue weighted by molar-refractivity contribution is -0.178. The Morgan fingerprint density at radius 3 is 2.60 bits per heavy atom. The molecular formula is C15H20O5. The van der Waals surface area contributed by atoms with Crippen LogP contribution in [0, 0.1) is 17.3 Å². The van der Waals surface area contributed by atoms with Crippen molar-refractivity contribution in [2.45, 2.75) is 37.9 Å². The van der Waals surface area contributed by atoms with E-state index in [-0.39, 0.29) is 12.0 Å². The topological polar surface area (TPSA) is 61.8 Å². The van der Waals surface area contributed by atoms with Crippen LogP contribution in [0.4, 0.5) is 0 Å². The first-order chi connectivity index (χ1) is 9.63. The third kappa shape index (κ3) is 1.72. The van der Waals surface area contributed by atoms with Crippen molar-refractivity contribution in [1.82, 2.24) is 0 Å². The largest absolute Gasteiger partial charge is 0.468 e. The number of carbonyl (C=O) groups is 2. The monoisotopic (exact) mass is 280 g/mol. The molecule has 1 aliphatic carbocycles. The van der Waals surface area contributed by atoms with Gasteiger partial charge in [0.2, 0.25) is 0 Å². The molecule has 3 rings (SSSR count). The van der Waals surface area contributed by atoms with E-state index in [0.717, 1.165) is 19.3 Å². The van der Waals surface area contributed by atoms with Crippen LogP contribution in [0.3, 0.4) is 0 Å². The maximum atomic E-state index is 12.3. The average molecular weight is 280 g/mol. The number of methoxy groups -OCH3 is 2. The van der Waals surface area contributed by atoms with Crippen LogP contribution in [-0.2, 0) is 23.8 Å². The summed E-state index contributed by atoms with van der Waals surface area (Å²) in [6.45, 7) is 0. The van der Waals surface area contributed by atoms with Crippen LogP contribution in [0.1, 0.15) is 25.7 Å². The van der Waals surface area contributed by atoms with Crippen LogP contribution < -0.4 is 0 Å². The van der Waals surface area contributed by atoms with E-state index < -0.39 is 23.5 Å². The molecule has 2 bridgehead atoms. The van der Waals surface area contributed by atoms with Crippen LogP contribution in [0.25, 0.3) is 0 Å². The van der Waals surface area contributed by atoms with Gasteiger partial charge in [0.15, 0.2) is 5.41 Å². The van der Waals surface area contributed by atoms with Crippen LogP contribution >= 0.6 is 0 Å². The zero-order chi connectivity index (χ0) is 14.3. The Morgan fingerprint density at radius 2 is 1.95 bits per heavy atom. The van der Waals surface area contributed by atoms with Crippen LogP contribution in [-0.4, -0.2) is 38.4 Å². The zero-order valence-corrected chi connectivity index (χ0v) is 11.8. The van der Waals surface area contributed by atoms with Crippen LogP contribution in [0.2, 0.25) is 0 Å². The molecular weight excluding hydrogens is 260 g/mol. The van der Waals surface area contributed by atoms with E-state index in [1.807, 2.05) is 0 Å². The lowest BCUT2D eigenvalue weighted by Gasteiger charge is -2.40. The summed E-state index contributed by atoms with van der Waals surface area (Å²) >= 11 is 0. The Balaban J connectivity index is 2.01. The van der Waals surface area contributed by atoms with Crippen molar-refractivity contribution in [3.05, 3.63) is 12.2 Å². The number of allylic oxidation sites excluding steroid dienone is 2. The third-order valence-corrected chi connectivity index (χ3v) is 5.00. The molecule has 4 unspecified atom stereocenters. The molecule has 2 heterocycles. The minimum Gasteiger partial charge on any atom is -0.468 e. The van der Waals surface area contributed by atoms with E-state index in [1.165, 1.54) is 14.2 Å². The lowest BCUT2D eigenvalue weighted by Crippen LogP contribution is -2.51. The number of hydrogen-bond donors (Lipinski definition) is 0. The fourth-order valence-corrected chi connectivity index (χ4v) is 4.15. The lowest BCUT2D eigenvalue weighted by atomic mass is 9.70. The molecule has 0 aromatic heterocycles. The Kier molecular flexibility index (Phi) is 3.32. The molecule has 0 radical (unpaired) electrons. The standard InChI is InChI=1S/C15H20O5/c1-18-13(16)15(14(17)19-2)8-10-7-9-5-3-4-6-11(9)12(15)20-10/h3,5,9-12H,4,6-8H2,1-2H3. The van der Waals surface area contributed by atoms with Gasteiger partial charge < -0.3 is 14.2 Å². The summed E-state index contributed by atoms with van der Waals surface area (Å²) < 4.78 is 15.8. The molecule has 0 spiro atoms. The second kappa shape index (κ2) is 4.88. The molecule has 2 aliphatic heterocycles. The summed E-state index contributed by atoms with van der Waals surface area (Å²) in [5.74, 6) is -0.459. The average Bonchev–Trinajstić information content (AvgIpc) is 2.80. The molecule has 0 aromatic carbocycles. The predicted molar refractivity (Wildman–Crippen MR) is 69.7 cm³/mol. The van der Waals surface area contributed by atoms with Gasteiger partial charge in [-0.15, -0.1) is 0 Å². The van der Waals surface area contributed by atoms with Gasteiger partial charge in [0.1, 0.15) is 0 Å². The summed E-state index contributed by atoms with van der Waals surface area (Å²) in [4.78, 5) is 24.7. The molecule has 0 amide bonds. The molecule has 2 saturated heterocycles. The van der Waals surface area contributed by atoms with E-state index in [1.54, 1.807) is 0 Å². The van der Waals surface area contributed by atoms with Gasteiger partial charge >= 0.3 is 11.9 Å². The van der Waals surface area contributed by atoms with Crippen molar-refractivity contribution in [3.63, 3.8) is 0 Å². The fourth-order valence-electron chi connectivity index (χ4n) is 4.15. The number of hydrogen-bond acceptors (Lipinski definition) is 5. The summed E-state index contributed by atoms with van der Waals surface area (Å²) in [6, 6.07) is 0. The first kappa shape index (κ1) is 13.6. The van der Waals surface area contributed by atoms with Gasteiger partial charge in [-0.1, -0.05) is 12.2 Å². The molecule has 110 valence electrons. The van der Waals surface area contributed by atoms with Gasteiger partial charge in [-0.25, -0.2) is 0 Å². The van der Waals surface area contributed by atoms with Gasteiger partial charge in [0.25, 0.3) is 0 Å². The van der Waals surface area contributed by atoms with E-state index in [4.69, 9.17) is 14.2 Å². The first-order valence-electron chi connectivity index (χ1n) is 7.12. The highest BCUT2D eigenvalue weighted by Gasteiger charge is 2.66. The third-order valence-electron chi connectivity index (χ3n) is 5.00. The van der Waals surface area contributed by atoms with Crippen molar-refractivity contribution >= 4 is 11.9 Å². The minimum absolute atomic E-state index is 0.0674. The Bertz CT molecular complexity index is 439. The van der Waals surface area contributed by atoms with Crippen molar-refractivity contribution < 1.29 is 23.8 Å². The Hall–Kier alpha value is -1.36. The molecule has 3 aliphatic rings.